The van der Waals surface area contributed by atoms with Gasteiger partial charge in [0.1, 0.15) is 5.82 Å². The highest BCUT2D eigenvalue weighted by Crippen LogP contribution is 2.17. The average Bonchev–Trinajstić information content (AvgIpc) is 2.45. The van der Waals surface area contributed by atoms with E-state index in [1.54, 1.807) is 0 Å². The van der Waals surface area contributed by atoms with Gasteiger partial charge in [-0.15, -0.1) is 0 Å². The van der Waals surface area contributed by atoms with E-state index in [-0.39, 0.29) is 12.3 Å². The lowest BCUT2D eigenvalue weighted by Crippen LogP contribution is -2.04. The van der Waals surface area contributed by atoms with Gasteiger partial charge in [0.25, 0.3) is 0 Å². The Kier molecular flexibility index (Phi) is 3.28. The van der Waals surface area contributed by atoms with Crippen molar-refractivity contribution in [3.8, 4) is 0 Å². The number of carboxylic acids is 1. The standard InChI is InChI=1S/C10H16N2O2/c1-4-8-7(3)11-10(12-8)6(2)5-9(13)14/h6H,4-5H2,1-3H3,(H,11,12)(H,13,14). The Labute approximate surface area is 83.4 Å². The maximum atomic E-state index is 10.5. The number of nitrogens with zero attached hydrogens (tertiary/aromatic N) is 1. The zero-order valence-corrected chi connectivity index (χ0v) is 8.79. The molecule has 4 nitrogen and oxygen atoms in total. The number of H-pyrrole nitrogens is 1. The third kappa shape index (κ3) is 2.34. The molecule has 1 unspecified atom stereocenters. The Hall–Kier alpha value is -1.32. The van der Waals surface area contributed by atoms with Crippen molar-refractivity contribution >= 4 is 5.97 Å². The van der Waals surface area contributed by atoms with Crippen LogP contribution in [0.4, 0.5) is 0 Å². The first-order valence-electron chi connectivity index (χ1n) is 4.81. The largest absolute Gasteiger partial charge is 0.481 e. The predicted molar refractivity (Wildman–Crippen MR) is 53.4 cm³/mol. The van der Waals surface area contributed by atoms with Gasteiger partial charge in [-0.05, 0) is 13.3 Å². The summed E-state index contributed by atoms with van der Waals surface area (Å²) < 4.78 is 0. The fourth-order valence-electron chi connectivity index (χ4n) is 1.46. The molecule has 2 N–H and O–H groups in total. The minimum atomic E-state index is -0.787. The SMILES string of the molecule is CCc1nc(C(C)CC(=O)O)[nH]c1C. The van der Waals surface area contributed by atoms with Gasteiger partial charge in [-0.2, -0.15) is 0 Å². The molecule has 0 aliphatic carbocycles. The van der Waals surface area contributed by atoms with E-state index < -0.39 is 5.97 Å². The van der Waals surface area contributed by atoms with Crippen LogP contribution in [-0.4, -0.2) is 21.0 Å². The molecule has 0 saturated heterocycles. The van der Waals surface area contributed by atoms with Gasteiger partial charge in [-0.25, -0.2) is 4.98 Å². The van der Waals surface area contributed by atoms with Crippen LogP contribution in [0.1, 0.15) is 43.4 Å². The summed E-state index contributed by atoms with van der Waals surface area (Å²) in [7, 11) is 0. The number of imidazole rings is 1. The molecule has 1 aromatic rings. The molecule has 14 heavy (non-hydrogen) atoms. The molecule has 0 aromatic carbocycles. The average molecular weight is 196 g/mol. The summed E-state index contributed by atoms with van der Waals surface area (Å²) in [6.07, 6.45) is 0.998. The first-order valence-corrected chi connectivity index (χ1v) is 4.81. The van der Waals surface area contributed by atoms with Gasteiger partial charge >= 0.3 is 5.97 Å². The van der Waals surface area contributed by atoms with Crippen LogP contribution in [0.3, 0.4) is 0 Å². The van der Waals surface area contributed by atoms with Crippen molar-refractivity contribution in [2.75, 3.05) is 0 Å². The minimum absolute atomic E-state index is 0.0495. The first kappa shape index (κ1) is 10.8. The smallest absolute Gasteiger partial charge is 0.304 e. The number of aromatic amines is 1. The van der Waals surface area contributed by atoms with Crippen molar-refractivity contribution in [2.24, 2.45) is 0 Å². The number of carboxylic acid groups (broad SMARTS) is 1. The fraction of sp³-hybridized carbons (Fsp3) is 0.600. The Morgan fingerprint density at radius 1 is 1.64 bits per heavy atom. The van der Waals surface area contributed by atoms with Crippen molar-refractivity contribution in [3.63, 3.8) is 0 Å². The molecule has 0 fully saturated rings. The third-order valence-corrected chi connectivity index (χ3v) is 2.29. The summed E-state index contributed by atoms with van der Waals surface area (Å²) in [5, 5.41) is 8.64. The second kappa shape index (κ2) is 4.26. The lowest BCUT2D eigenvalue weighted by molar-refractivity contribution is -0.137. The van der Waals surface area contributed by atoms with E-state index in [2.05, 4.69) is 9.97 Å². The number of nitrogens with one attached hydrogen (secondary N) is 1. The van der Waals surface area contributed by atoms with Crippen molar-refractivity contribution < 1.29 is 9.90 Å². The van der Waals surface area contributed by atoms with Gasteiger partial charge in [0.05, 0.1) is 12.1 Å². The topological polar surface area (TPSA) is 66.0 Å². The van der Waals surface area contributed by atoms with Crippen molar-refractivity contribution in [1.29, 1.82) is 0 Å². The zero-order valence-electron chi connectivity index (χ0n) is 8.79. The Balaban J connectivity index is 2.80. The highest BCUT2D eigenvalue weighted by molar-refractivity contribution is 5.67. The van der Waals surface area contributed by atoms with E-state index in [0.29, 0.717) is 0 Å². The molecule has 0 spiro atoms. The summed E-state index contributed by atoms with van der Waals surface area (Å²) in [4.78, 5) is 18.0. The van der Waals surface area contributed by atoms with Crippen LogP contribution >= 0.6 is 0 Å². The van der Waals surface area contributed by atoms with Crippen LogP contribution in [0.15, 0.2) is 0 Å². The number of hydrogen-bond donors (Lipinski definition) is 2. The molecule has 1 aromatic heterocycles. The van der Waals surface area contributed by atoms with Crippen LogP contribution in [0.2, 0.25) is 0 Å². The van der Waals surface area contributed by atoms with Gasteiger partial charge < -0.3 is 10.1 Å². The Morgan fingerprint density at radius 3 is 2.71 bits per heavy atom. The number of rotatable bonds is 4. The van der Waals surface area contributed by atoms with Gasteiger partial charge in [0, 0.05) is 11.6 Å². The van der Waals surface area contributed by atoms with E-state index in [4.69, 9.17) is 5.11 Å². The number of hydrogen-bond acceptors (Lipinski definition) is 2. The summed E-state index contributed by atoms with van der Waals surface area (Å²) in [5.41, 5.74) is 2.07. The molecular formula is C10H16N2O2. The molecule has 0 radical (unpaired) electrons. The molecule has 4 heteroatoms. The lowest BCUT2D eigenvalue weighted by Gasteiger charge is -2.03. The fourth-order valence-corrected chi connectivity index (χ4v) is 1.46. The molecule has 0 amide bonds. The number of aryl methyl sites for hydroxylation is 2. The second-order valence-electron chi connectivity index (χ2n) is 3.55. The third-order valence-electron chi connectivity index (χ3n) is 2.29. The van der Waals surface area contributed by atoms with E-state index >= 15 is 0 Å². The first-order chi connectivity index (χ1) is 6.54. The molecule has 0 aliphatic heterocycles. The van der Waals surface area contributed by atoms with Gasteiger partial charge in [-0.3, -0.25) is 4.79 Å². The summed E-state index contributed by atoms with van der Waals surface area (Å²) in [6.45, 7) is 5.86. The molecule has 78 valence electrons. The summed E-state index contributed by atoms with van der Waals surface area (Å²) in [6, 6.07) is 0. The van der Waals surface area contributed by atoms with E-state index in [1.165, 1.54) is 0 Å². The Bertz CT molecular complexity index is 331. The molecule has 1 atom stereocenters. The van der Waals surface area contributed by atoms with Crippen LogP contribution in [0.5, 0.6) is 0 Å². The van der Waals surface area contributed by atoms with Gasteiger partial charge in [-0.1, -0.05) is 13.8 Å². The van der Waals surface area contributed by atoms with E-state index in [0.717, 1.165) is 23.6 Å². The summed E-state index contributed by atoms with van der Waals surface area (Å²) >= 11 is 0. The van der Waals surface area contributed by atoms with Crippen molar-refractivity contribution in [2.45, 2.75) is 39.5 Å². The van der Waals surface area contributed by atoms with Crippen LogP contribution in [0.25, 0.3) is 0 Å². The maximum absolute atomic E-state index is 10.5. The lowest BCUT2D eigenvalue weighted by atomic mass is 10.1. The molecule has 1 rings (SSSR count). The minimum Gasteiger partial charge on any atom is -0.481 e. The quantitative estimate of drug-likeness (QED) is 0.772. The predicted octanol–water partition coefficient (Wildman–Crippen LogP) is 1.86. The molecule has 0 aliphatic rings. The monoisotopic (exact) mass is 196 g/mol. The molecule has 0 saturated carbocycles. The maximum Gasteiger partial charge on any atom is 0.304 e. The van der Waals surface area contributed by atoms with Crippen LogP contribution in [0, 0.1) is 6.92 Å². The van der Waals surface area contributed by atoms with Crippen LogP contribution < -0.4 is 0 Å². The van der Waals surface area contributed by atoms with Crippen molar-refractivity contribution in [1.82, 2.24) is 9.97 Å². The molecule has 1 heterocycles. The van der Waals surface area contributed by atoms with E-state index in [1.807, 2.05) is 20.8 Å². The number of aromatic nitrogens is 2. The number of aliphatic carboxylic acids is 1. The second-order valence-corrected chi connectivity index (χ2v) is 3.55. The Morgan fingerprint density at radius 2 is 2.29 bits per heavy atom. The number of carbonyl (C=O) groups is 1. The van der Waals surface area contributed by atoms with Gasteiger partial charge in [0.2, 0.25) is 0 Å². The molecular weight excluding hydrogens is 180 g/mol. The van der Waals surface area contributed by atoms with Crippen LogP contribution in [-0.2, 0) is 11.2 Å². The zero-order chi connectivity index (χ0) is 10.7. The van der Waals surface area contributed by atoms with Gasteiger partial charge in [0.15, 0.2) is 0 Å². The van der Waals surface area contributed by atoms with Crippen molar-refractivity contribution in [3.05, 3.63) is 17.2 Å². The highest BCUT2D eigenvalue weighted by Gasteiger charge is 2.14. The normalized spacial score (nSPS) is 12.8. The summed E-state index contributed by atoms with van der Waals surface area (Å²) in [5.74, 6) is -0.0575. The molecule has 0 bridgehead atoms. The van der Waals surface area contributed by atoms with E-state index in [9.17, 15) is 4.79 Å². The highest BCUT2D eigenvalue weighted by atomic mass is 16.4.